The molecule has 0 aliphatic rings. The first-order valence-electron chi connectivity index (χ1n) is 6.85. The fourth-order valence-corrected chi connectivity index (χ4v) is 1.74. The molecule has 21 heavy (non-hydrogen) atoms. The van der Waals surface area contributed by atoms with Gasteiger partial charge in [-0.25, -0.2) is 14.8 Å². The second-order valence-electron chi connectivity index (χ2n) is 4.30. The first-order chi connectivity index (χ1) is 10.0. The van der Waals surface area contributed by atoms with Crippen molar-refractivity contribution in [3.05, 3.63) is 17.5 Å². The van der Waals surface area contributed by atoms with Gasteiger partial charge in [0, 0.05) is 19.3 Å². The van der Waals surface area contributed by atoms with E-state index in [0.29, 0.717) is 36.9 Å². The number of aryl methyl sites for hydroxylation is 1. The molecule has 0 amide bonds. The molecule has 116 valence electrons. The topological polar surface area (TPSA) is 81.6 Å². The normalized spacial score (nSPS) is 10.1. The Bertz CT molecular complexity index is 505. The molecular formula is C14H21N3O4. The molecule has 0 aliphatic heterocycles. The van der Waals surface area contributed by atoms with Crippen molar-refractivity contribution >= 4 is 17.9 Å². The third kappa shape index (κ3) is 4.70. The number of methoxy groups -OCH3 is 1. The van der Waals surface area contributed by atoms with Crippen LogP contribution in [0.15, 0.2) is 6.20 Å². The molecule has 0 saturated carbocycles. The lowest BCUT2D eigenvalue weighted by molar-refractivity contribution is -0.140. The number of aromatic nitrogens is 2. The zero-order valence-electron chi connectivity index (χ0n) is 12.9. The minimum Gasteiger partial charge on any atom is -0.469 e. The number of carbonyl (C=O) groups is 2. The Kier molecular flexibility index (Phi) is 6.58. The van der Waals surface area contributed by atoms with Gasteiger partial charge in [-0.3, -0.25) is 4.79 Å². The lowest BCUT2D eigenvalue weighted by Gasteiger charge is -2.20. The van der Waals surface area contributed by atoms with Crippen LogP contribution in [-0.2, 0) is 14.3 Å². The van der Waals surface area contributed by atoms with Gasteiger partial charge in [0.25, 0.3) is 0 Å². The Morgan fingerprint density at radius 1 is 1.33 bits per heavy atom. The van der Waals surface area contributed by atoms with E-state index in [-0.39, 0.29) is 12.4 Å². The minimum atomic E-state index is -0.431. The highest BCUT2D eigenvalue weighted by atomic mass is 16.5. The summed E-state index contributed by atoms with van der Waals surface area (Å²) >= 11 is 0. The summed E-state index contributed by atoms with van der Waals surface area (Å²) < 4.78 is 9.55. The number of ether oxygens (including phenoxy) is 2. The minimum absolute atomic E-state index is 0.256. The molecule has 7 nitrogen and oxygen atoms in total. The van der Waals surface area contributed by atoms with E-state index < -0.39 is 5.97 Å². The van der Waals surface area contributed by atoms with Gasteiger partial charge in [-0.1, -0.05) is 0 Å². The van der Waals surface area contributed by atoms with Crippen molar-refractivity contribution in [1.29, 1.82) is 0 Å². The molecule has 0 atom stereocenters. The van der Waals surface area contributed by atoms with Crippen LogP contribution in [0.25, 0.3) is 0 Å². The SMILES string of the molecule is CCOC(=O)c1cnc(N(CC)CCC(=O)OC)nc1C. The second kappa shape index (κ2) is 8.18. The highest BCUT2D eigenvalue weighted by Gasteiger charge is 2.16. The second-order valence-corrected chi connectivity index (χ2v) is 4.30. The van der Waals surface area contributed by atoms with E-state index in [1.54, 1.807) is 13.8 Å². The average molecular weight is 295 g/mol. The third-order valence-electron chi connectivity index (χ3n) is 2.94. The monoisotopic (exact) mass is 295 g/mol. The largest absolute Gasteiger partial charge is 0.469 e. The molecule has 0 fully saturated rings. The van der Waals surface area contributed by atoms with Crippen LogP contribution in [0.4, 0.5) is 5.95 Å². The number of carbonyl (C=O) groups excluding carboxylic acids is 2. The van der Waals surface area contributed by atoms with E-state index in [9.17, 15) is 9.59 Å². The van der Waals surface area contributed by atoms with E-state index in [0.717, 1.165) is 0 Å². The number of hydrogen-bond acceptors (Lipinski definition) is 7. The zero-order chi connectivity index (χ0) is 15.8. The van der Waals surface area contributed by atoms with Crippen LogP contribution < -0.4 is 4.90 Å². The van der Waals surface area contributed by atoms with E-state index >= 15 is 0 Å². The Balaban J connectivity index is 2.84. The van der Waals surface area contributed by atoms with Crippen LogP contribution in [0, 0.1) is 6.92 Å². The molecule has 0 bridgehead atoms. The van der Waals surface area contributed by atoms with Crippen molar-refractivity contribution in [3.8, 4) is 0 Å². The highest BCUT2D eigenvalue weighted by molar-refractivity contribution is 5.90. The van der Waals surface area contributed by atoms with Crippen LogP contribution >= 0.6 is 0 Å². The number of esters is 2. The Morgan fingerprint density at radius 3 is 2.57 bits per heavy atom. The van der Waals surface area contributed by atoms with Crippen molar-refractivity contribution in [2.45, 2.75) is 27.2 Å². The molecule has 0 unspecified atom stereocenters. The highest BCUT2D eigenvalue weighted by Crippen LogP contribution is 2.12. The van der Waals surface area contributed by atoms with E-state index in [2.05, 4.69) is 14.7 Å². The molecule has 0 radical (unpaired) electrons. The molecule has 1 heterocycles. The van der Waals surface area contributed by atoms with E-state index in [4.69, 9.17) is 4.74 Å². The molecule has 1 aromatic rings. The third-order valence-corrected chi connectivity index (χ3v) is 2.94. The summed E-state index contributed by atoms with van der Waals surface area (Å²) in [4.78, 5) is 33.2. The Labute approximate surface area is 124 Å². The predicted octanol–water partition coefficient (Wildman–Crippen LogP) is 1.35. The van der Waals surface area contributed by atoms with Gasteiger partial charge in [0.05, 0.1) is 31.4 Å². The van der Waals surface area contributed by atoms with Gasteiger partial charge < -0.3 is 14.4 Å². The molecule has 0 saturated heterocycles. The maximum absolute atomic E-state index is 11.7. The standard InChI is InChI=1S/C14H21N3O4/c1-5-17(8-7-12(18)20-4)14-15-9-11(10(3)16-14)13(19)21-6-2/h9H,5-8H2,1-4H3. The lowest BCUT2D eigenvalue weighted by Crippen LogP contribution is -2.28. The van der Waals surface area contributed by atoms with Gasteiger partial charge in [-0.2, -0.15) is 0 Å². The molecule has 0 aliphatic carbocycles. The Morgan fingerprint density at radius 2 is 2.05 bits per heavy atom. The fourth-order valence-electron chi connectivity index (χ4n) is 1.74. The average Bonchev–Trinajstić information content (AvgIpc) is 2.47. The van der Waals surface area contributed by atoms with Gasteiger partial charge in [0.1, 0.15) is 0 Å². The van der Waals surface area contributed by atoms with Crippen molar-refractivity contribution < 1.29 is 19.1 Å². The molecule has 1 aromatic heterocycles. The summed E-state index contributed by atoms with van der Waals surface area (Å²) in [6.45, 7) is 6.83. The van der Waals surface area contributed by atoms with Crippen molar-refractivity contribution in [2.75, 3.05) is 31.7 Å². The van der Waals surface area contributed by atoms with Gasteiger partial charge in [-0.05, 0) is 20.8 Å². The fraction of sp³-hybridized carbons (Fsp3) is 0.571. The molecule has 1 rings (SSSR count). The van der Waals surface area contributed by atoms with Crippen molar-refractivity contribution in [2.24, 2.45) is 0 Å². The maximum atomic E-state index is 11.7. The molecular weight excluding hydrogens is 274 g/mol. The van der Waals surface area contributed by atoms with Crippen LogP contribution in [0.2, 0.25) is 0 Å². The molecule has 0 aromatic carbocycles. The maximum Gasteiger partial charge on any atom is 0.341 e. The summed E-state index contributed by atoms with van der Waals surface area (Å²) in [5.74, 6) is -0.237. The van der Waals surface area contributed by atoms with E-state index in [1.807, 2.05) is 11.8 Å². The number of hydrogen-bond donors (Lipinski definition) is 0. The van der Waals surface area contributed by atoms with Crippen LogP contribution in [0.3, 0.4) is 0 Å². The number of rotatable bonds is 7. The Hall–Kier alpha value is -2.18. The first kappa shape index (κ1) is 16.9. The summed E-state index contributed by atoms with van der Waals surface area (Å²) in [5.41, 5.74) is 0.902. The van der Waals surface area contributed by atoms with Crippen LogP contribution in [-0.4, -0.2) is 48.7 Å². The van der Waals surface area contributed by atoms with Gasteiger partial charge >= 0.3 is 11.9 Å². The van der Waals surface area contributed by atoms with Gasteiger partial charge in [0.15, 0.2) is 0 Å². The predicted molar refractivity (Wildman–Crippen MR) is 77.2 cm³/mol. The molecule has 7 heteroatoms. The van der Waals surface area contributed by atoms with Crippen molar-refractivity contribution in [1.82, 2.24) is 9.97 Å². The quantitative estimate of drug-likeness (QED) is 0.702. The molecule has 0 spiro atoms. The summed E-state index contributed by atoms with van der Waals surface area (Å²) in [6.07, 6.45) is 1.71. The van der Waals surface area contributed by atoms with Gasteiger partial charge in [-0.15, -0.1) is 0 Å². The summed E-state index contributed by atoms with van der Waals surface area (Å²) in [5, 5.41) is 0. The first-order valence-corrected chi connectivity index (χ1v) is 6.85. The lowest BCUT2D eigenvalue weighted by atomic mass is 10.2. The van der Waals surface area contributed by atoms with Gasteiger partial charge in [0.2, 0.25) is 5.95 Å². The van der Waals surface area contributed by atoms with E-state index in [1.165, 1.54) is 13.3 Å². The summed E-state index contributed by atoms with van der Waals surface area (Å²) in [7, 11) is 1.35. The van der Waals surface area contributed by atoms with Crippen LogP contribution in [0.1, 0.15) is 36.3 Å². The molecule has 0 N–H and O–H groups in total. The smallest absolute Gasteiger partial charge is 0.341 e. The summed E-state index contributed by atoms with van der Waals surface area (Å²) in [6, 6.07) is 0. The van der Waals surface area contributed by atoms with Crippen molar-refractivity contribution in [3.63, 3.8) is 0 Å². The number of nitrogens with zero attached hydrogens (tertiary/aromatic N) is 3. The zero-order valence-corrected chi connectivity index (χ0v) is 12.9. The number of anilines is 1. The van der Waals surface area contributed by atoms with Crippen LogP contribution in [0.5, 0.6) is 0 Å².